The number of hydrogen-bond donors (Lipinski definition) is 2. The van der Waals surface area contributed by atoms with E-state index in [4.69, 9.17) is 4.74 Å². The van der Waals surface area contributed by atoms with Gasteiger partial charge in [-0.3, -0.25) is 5.10 Å². The molecule has 1 aromatic heterocycles. The Balaban J connectivity index is 1.46. The van der Waals surface area contributed by atoms with Crippen molar-refractivity contribution in [2.24, 2.45) is 5.41 Å². The quantitative estimate of drug-likeness (QED) is 0.872. The van der Waals surface area contributed by atoms with Crippen LogP contribution in [0.25, 0.3) is 0 Å². The van der Waals surface area contributed by atoms with Crippen LogP contribution in [0.2, 0.25) is 0 Å². The van der Waals surface area contributed by atoms with E-state index in [1.54, 1.807) is 4.90 Å². The minimum atomic E-state index is -4.60. The summed E-state index contributed by atoms with van der Waals surface area (Å²) in [5.74, 6) is -1.26. The van der Waals surface area contributed by atoms with Gasteiger partial charge in [0.25, 0.3) is 5.82 Å². The van der Waals surface area contributed by atoms with Crippen molar-refractivity contribution in [3.63, 3.8) is 0 Å². The Morgan fingerprint density at radius 1 is 1.50 bits per heavy atom. The molecule has 0 atom stereocenters. The van der Waals surface area contributed by atoms with Crippen LogP contribution < -0.4 is 5.32 Å². The molecule has 2 amide bonds. The SMILES string of the molecule is CCOC1CC2(CCN(C(=O)NCc3nc(C(F)(F)F)n[nH]3)C2)C1. The third-order valence-corrected chi connectivity index (χ3v) is 4.64. The average molecular weight is 347 g/mol. The fourth-order valence-corrected chi connectivity index (χ4v) is 3.47. The van der Waals surface area contributed by atoms with E-state index >= 15 is 0 Å². The van der Waals surface area contributed by atoms with Crippen LogP contribution in [-0.2, 0) is 17.5 Å². The first-order chi connectivity index (χ1) is 11.3. The van der Waals surface area contributed by atoms with Crippen LogP contribution in [-0.4, -0.2) is 51.9 Å². The van der Waals surface area contributed by atoms with Gasteiger partial charge in [-0.25, -0.2) is 9.78 Å². The molecule has 0 bridgehead atoms. The summed E-state index contributed by atoms with van der Waals surface area (Å²) < 4.78 is 42.8. The van der Waals surface area contributed by atoms with E-state index in [1.165, 1.54) is 0 Å². The lowest BCUT2D eigenvalue weighted by molar-refractivity contribution is -0.144. The average Bonchev–Trinajstić information content (AvgIpc) is 3.11. The molecule has 1 saturated carbocycles. The van der Waals surface area contributed by atoms with Crippen molar-refractivity contribution in [1.82, 2.24) is 25.4 Å². The molecule has 1 spiro atoms. The van der Waals surface area contributed by atoms with E-state index in [0.717, 1.165) is 19.3 Å². The monoisotopic (exact) mass is 347 g/mol. The van der Waals surface area contributed by atoms with Crippen LogP contribution >= 0.6 is 0 Å². The van der Waals surface area contributed by atoms with Gasteiger partial charge >= 0.3 is 12.2 Å². The van der Waals surface area contributed by atoms with Crippen molar-refractivity contribution in [1.29, 1.82) is 0 Å². The smallest absolute Gasteiger partial charge is 0.378 e. The van der Waals surface area contributed by atoms with Gasteiger partial charge in [0.15, 0.2) is 0 Å². The number of nitrogens with one attached hydrogen (secondary N) is 2. The van der Waals surface area contributed by atoms with E-state index in [1.807, 2.05) is 6.92 Å². The number of likely N-dealkylation sites (tertiary alicyclic amines) is 1. The molecule has 1 aromatic rings. The van der Waals surface area contributed by atoms with Crippen molar-refractivity contribution < 1.29 is 22.7 Å². The second kappa shape index (κ2) is 6.23. The van der Waals surface area contributed by atoms with Crippen molar-refractivity contribution in [2.45, 2.75) is 45.0 Å². The second-order valence-corrected chi connectivity index (χ2v) is 6.42. The molecule has 0 unspecified atom stereocenters. The molecule has 0 radical (unpaired) electrons. The first-order valence-corrected chi connectivity index (χ1v) is 7.94. The predicted octanol–water partition coefficient (Wildman–Crippen LogP) is 1.92. The molecule has 1 saturated heterocycles. The number of ether oxygens (including phenoxy) is 1. The maximum absolute atomic E-state index is 12.4. The molecular weight excluding hydrogens is 327 g/mol. The van der Waals surface area contributed by atoms with Crippen molar-refractivity contribution in [3.8, 4) is 0 Å². The molecular formula is C14H20F3N5O2. The highest BCUT2D eigenvalue weighted by atomic mass is 19.4. The summed E-state index contributed by atoms with van der Waals surface area (Å²) in [5, 5.41) is 7.86. The largest absolute Gasteiger partial charge is 0.453 e. The summed E-state index contributed by atoms with van der Waals surface area (Å²) in [6.07, 6.45) is -1.46. The van der Waals surface area contributed by atoms with Crippen LogP contribution in [0.4, 0.5) is 18.0 Å². The second-order valence-electron chi connectivity index (χ2n) is 6.42. The molecule has 2 N–H and O–H groups in total. The van der Waals surface area contributed by atoms with Gasteiger partial charge in [0.2, 0.25) is 0 Å². The van der Waals surface area contributed by atoms with Gasteiger partial charge in [0.05, 0.1) is 12.6 Å². The zero-order chi connectivity index (χ0) is 17.4. The van der Waals surface area contributed by atoms with Gasteiger partial charge in [0, 0.05) is 19.7 Å². The fraction of sp³-hybridized carbons (Fsp3) is 0.786. The molecule has 10 heteroatoms. The number of nitrogens with zero attached hydrogens (tertiary/aromatic N) is 3. The number of amides is 2. The third kappa shape index (κ3) is 3.47. The summed E-state index contributed by atoms with van der Waals surface area (Å²) in [4.78, 5) is 17.2. The maximum atomic E-state index is 12.4. The maximum Gasteiger partial charge on any atom is 0.453 e. The lowest BCUT2D eigenvalue weighted by Gasteiger charge is -2.44. The minimum Gasteiger partial charge on any atom is -0.378 e. The normalized spacial score (nSPS) is 26.7. The Hall–Kier alpha value is -1.84. The van der Waals surface area contributed by atoms with E-state index in [2.05, 4.69) is 20.5 Å². The Labute approximate surface area is 136 Å². The molecule has 134 valence electrons. The molecule has 1 aliphatic heterocycles. The van der Waals surface area contributed by atoms with Crippen LogP contribution in [0.1, 0.15) is 37.8 Å². The number of urea groups is 1. The minimum absolute atomic E-state index is 0.0235. The molecule has 24 heavy (non-hydrogen) atoms. The van der Waals surface area contributed by atoms with Gasteiger partial charge < -0.3 is 15.0 Å². The summed E-state index contributed by atoms with van der Waals surface area (Å²) in [6, 6.07) is -0.295. The first kappa shape index (κ1) is 17.0. The molecule has 2 fully saturated rings. The Morgan fingerprint density at radius 2 is 2.25 bits per heavy atom. The van der Waals surface area contributed by atoms with Crippen LogP contribution in [0.15, 0.2) is 0 Å². The lowest BCUT2D eigenvalue weighted by atomic mass is 9.66. The molecule has 7 nitrogen and oxygen atoms in total. The predicted molar refractivity (Wildman–Crippen MR) is 76.9 cm³/mol. The van der Waals surface area contributed by atoms with Crippen LogP contribution in [0.5, 0.6) is 0 Å². The number of hydrogen-bond acceptors (Lipinski definition) is 4. The van der Waals surface area contributed by atoms with Gasteiger partial charge in [-0.2, -0.15) is 13.2 Å². The van der Waals surface area contributed by atoms with Crippen molar-refractivity contribution in [2.75, 3.05) is 19.7 Å². The Morgan fingerprint density at radius 3 is 2.88 bits per heavy atom. The lowest BCUT2D eigenvalue weighted by Crippen LogP contribution is -2.46. The van der Waals surface area contributed by atoms with Gasteiger partial charge in [0.1, 0.15) is 5.82 Å². The number of halogens is 3. The number of aromatic amines is 1. The molecule has 1 aliphatic carbocycles. The van der Waals surface area contributed by atoms with Crippen molar-refractivity contribution in [3.05, 3.63) is 11.6 Å². The van der Waals surface area contributed by atoms with Crippen molar-refractivity contribution >= 4 is 6.03 Å². The van der Waals surface area contributed by atoms with Gasteiger partial charge in [-0.05, 0) is 31.6 Å². The molecule has 0 aromatic carbocycles. The number of carbonyl (C=O) groups excluding carboxylic acids is 1. The van der Waals surface area contributed by atoms with E-state index in [-0.39, 0.29) is 29.9 Å². The number of H-pyrrole nitrogens is 1. The number of carbonyl (C=O) groups is 1. The first-order valence-electron chi connectivity index (χ1n) is 7.94. The summed E-state index contributed by atoms with van der Waals surface area (Å²) in [7, 11) is 0. The Bertz CT molecular complexity index is 597. The molecule has 2 heterocycles. The summed E-state index contributed by atoms with van der Waals surface area (Å²) in [5.41, 5.74) is 0.146. The highest BCUT2D eigenvalue weighted by Gasteiger charge is 2.49. The number of rotatable bonds is 4. The third-order valence-electron chi connectivity index (χ3n) is 4.64. The van der Waals surface area contributed by atoms with Gasteiger partial charge in [-0.15, -0.1) is 5.10 Å². The topological polar surface area (TPSA) is 83.1 Å². The molecule has 2 aliphatic rings. The summed E-state index contributed by atoms with van der Waals surface area (Å²) in [6.45, 7) is 3.85. The highest BCUT2D eigenvalue weighted by Crippen LogP contribution is 2.49. The van der Waals surface area contributed by atoms with E-state index in [0.29, 0.717) is 19.7 Å². The zero-order valence-corrected chi connectivity index (χ0v) is 13.3. The summed E-state index contributed by atoms with van der Waals surface area (Å²) >= 11 is 0. The zero-order valence-electron chi connectivity index (χ0n) is 13.3. The van der Waals surface area contributed by atoms with E-state index in [9.17, 15) is 18.0 Å². The van der Waals surface area contributed by atoms with E-state index < -0.39 is 12.0 Å². The number of aromatic nitrogens is 3. The fourth-order valence-electron chi connectivity index (χ4n) is 3.47. The van der Waals surface area contributed by atoms with Gasteiger partial charge in [-0.1, -0.05) is 0 Å². The molecule has 3 rings (SSSR count). The standard InChI is InChI=1S/C14H20F3N5O2/c1-2-24-9-5-13(6-9)3-4-22(8-13)12(23)18-7-10-19-11(21-20-10)14(15,16)17/h9H,2-8H2,1H3,(H,18,23)(H,19,20,21). The van der Waals surface area contributed by atoms with Crippen LogP contribution in [0.3, 0.4) is 0 Å². The van der Waals surface area contributed by atoms with Crippen LogP contribution in [0, 0.1) is 5.41 Å². The Kier molecular flexibility index (Phi) is 4.41. The number of alkyl halides is 3. The highest BCUT2D eigenvalue weighted by molar-refractivity contribution is 5.74.